The molecule has 0 saturated carbocycles. The first-order valence-corrected chi connectivity index (χ1v) is 22.0. The second-order valence-electron chi connectivity index (χ2n) is 18.2. The van der Waals surface area contributed by atoms with Crippen LogP contribution in [-0.2, 0) is 13.1 Å². The van der Waals surface area contributed by atoms with Gasteiger partial charge in [-0.2, -0.15) is 0 Å². The standard InChI is InChI=1S/C17H21N.C12H29N2.C11H25N.C9H21N/c1-15(2)18(13-16-9-5-3-6-10-16)14-17-11-7-4-8-12-17;1-9-13(10-2)12(5,6)14(7,8)11(3)4;1-9(2)7-12(11(5)6)8-10(3)4;1-5-7-10(8-6-2)9(3)4/h3-12,15H,13-14H2,1-2H3;11H,9-10H2,1-8H3;9-11H,7-8H2,1-6H3;9H,5-8H2,1-4H3/q;+1;;. The molecule has 0 radical (unpaired) electrons. The Morgan fingerprint density at radius 3 is 1.07 bits per heavy atom. The second kappa shape index (κ2) is 29.5. The van der Waals surface area contributed by atoms with E-state index in [-0.39, 0.29) is 5.66 Å². The summed E-state index contributed by atoms with van der Waals surface area (Å²) < 4.78 is 1.04. The molecular weight excluding hydrogens is 659 g/mol. The van der Waals surface area contributed by atoms with Crippen LogP contribution in [-0.4, -0.2) is 107 Å². The topological polar surface area (TPSA) is 13.0 Å². The van der Waals surface area contributed by atoms with Gasteiger partial charge in [-0.05, 0) is 104 Å². The van der Waals surface area contributed by atoms with Crippen molar-refractivity contribution in [3.8, 4) is 0 Å². The quantitative estimate of drug-likeness (QED) is 0.0986. The molecule has 0 bridgehead atoms. The van der Waals surface area contributed by atoms with Crippen LogP contribution < -0.4 is 0 Å². The van der Waals surface area contributed by atoms with Gasteiger partial charge in [-0.3, -0.25) is 9.80 Å². The zero-order valence-electron chi connectivity index (χ0n) is 40.0. The molecule has 5 nitrogen and oxygen atoms in total. The Labute approximate surface area is 340 Å². The van der Waals surface area contributed by atoms with E-state index in [1.54, 1.807) is 0 Å². The van der Waals surface area contributed by atoms with E-state index in [1.807, 2.05) is 0 Å². The lowest BCUT2D eigenvalue weighted by Gasteiger charge is -2.52. The van der Waals surface area contributed by atoms with Crippen LogP contribution in [0.15, 0.2) is 60.7 Å². The molecule has 2 rings (SSSR count). The highest BCUT2D eigenvalue weighted by Gasteiger charge is 2.42. The Bertz CT molecular complexity index is 1050. The van der Waals surface area contributed by atoms with Crippen molar-refractivity contribution >= 4 is 0 Å². The summed E-state index contributed by atoms with van der Waals surface area (Å²) in [5.41, 5.74) is 2.96. The van der Waals surface area contributed by atoms with Crippen LogP contribution in [0.2, 0.25) is 0 Å². The highest BCUT2D eigenvalue weighted by atomic mass is 15.5. The van der Waals surface area contributed by atoms with Gasteiger partial charge in [0, 0.05) is 71.2 Å². The normalized spacial score (nSPS) is 12.3. The maximum absolute atomic E-state index is 2.56. The van der Waals surface area contributed by atoms with Crippen molar-refractivity contribution < 1.29 is 4.48 Å². The van der Waals surface area contributed by atoms with E-state index in [1.165, 1.54) is 50.1 Å². The first-order valence-electron chi connectivity index (χ1n) is 22.0. The molecule has 0 unspecified atom stereocenters. The van der Waals surface area contributed by atoms with Crippen LogP contribution in [0.25, 0.3) is 0 Å². The largest absolute Gasteiger partial charge is 0.310 e. The minimum absolute atomic E-state index is 0.206. The molecule has 0 heterocycles. The first kappa shape index (κ1) is 54.3. The molecule has 0 atom stereocenters. The van der Waals surface area contributed by atoms with Crippen LogP contribution >= 0.6 is 0 Å². The lowest BCUT2D eigenvalue weighted by molar-refractivity contribution is -0.969. The average Bonchev–Trinajstić information content (AvgIpc) is 3.09. The second-order valence-corrected chi connectivity index (χ2v) is 18.2. The number of quaternary nitrogens is 1. The number of nitrogens with zero attached hydrogens (tertiary/aromatic N) is 5. The molecule has 0 aliphatic carbocycles. The van der Waals surface area contributed by atoms with E-state index >= 15 is 0 Å². The zero-order chi connectivity index (χ0) is 42.1. The van der Waals surface area contributed by atoms with Crippen molar-refractivity contribution in [2.45, 2.75) is 180 Å². The van der Waals surface area contributed by atoms with E-state index in [2.05, 4.69) is 219 Å². The summed E-state index contributed by atoms with van der Waals surface area (Å²) in [7, 11) is 4.64. The monoisotopic (exact) mass is 755 g/mol. The zero-order valence-corrected chi connectivity index (χ0v) is 40.0. The van der Waals surface area contributed by atoms with Crippen molar-refractivity contribution in [1.29, 1.82) is 0 Å². The molecule has 0 aromatic heterocycles. The summed E-state index contributed by atoms with van der Waals surface area (Å²) in [4.78, 5) is 10.1. The number of hydrogen-bond donors (Lipinski definition) is 0. The van der Waals surface area contributed by atoms with Crippen molar-refractivity contribution in [2.75, 3.05) is 53.4 Å². The fourth-order valence-electron chi connectivity index (χ4n) is 6.69. The van der Waals surface area contributed by atoms with Crippen molar-refractivity contribution in [2.24, 2.45) is 11.8 Å². The molecule has 2 aromatic rings. The van der Waals surface area contributed by atoms with Crippen LogP contribution in [0.4, 0.5) is 0 Å². The molecule has 0 fully saturated rings. The van der Waals surface area contributed by atoms with Gasteiger partial charge in [0.15, 0.2) is 0 Å². The third-order valence-electron chi connectivity index (χ3n) is 11.1. The third kappa shape index (κ3) is 22.7. The van der Waals surface area contributed by atoms with E-state index in [9.17, 15) is 0 Å². The minimum atomic E-state index is 0.206. The number of benzene rings is 2. The highest BCUT2D eigenvalue weighted by Crippen LogP contribution is 2.27. The summed E-state index contributed by atoms with van der Waals surface area (Å²) in [5.74, 6) is 1.57. The van der Waals surface area contributed by atoms with Gasteiger partial charge in [-0.1, -0.05) is 116 Å². The summed E-state index contributed by atoms with van der Waals surface area (Å²) in [6.45, 7) is 50.3. The van der Waals surface area contributed by atoms with E-state index in [0.717, 1.165) is 48.5 Å². The molecule has 5 heteroatoms. The van der Waals surface area contributed by atoms with Crippen LogP contribution in [0, 0.1) is 11.8 Å². The number of rotatable bonds is 20. The molecule has 0 aliphatic heterocycles. The maximum Gasteiger partial charge on any atom is 0.149 e. The predicted molar refractivity (Wildman–Crippen MR) is 245 cm³/mol. The van der Waals surface area contributed by atoms with Crippen LogP contribution in [0.3, 0.4) is 0 Å². The fourth-order valence-corrected chi connectivity index (χ4v) is 6.69. The summed E-state index contributed by atoms with van der Waals surface area (Å²) >= 11 is 0. The lowest BCUT2D eigenvalue weighted by Crippen LogP contribution is -2.67. The Balaban J connectivity index is 0. The Morgan fingerprint density at radius 2 is 0.833 bits per heavy atom. The molecule has 0 N–H and O–H groups in total. The maximum atomic E-state index is 2.56. The minimum Gasteiger partial charge on any atom is -0.310 e. The summed E-state index contributed by atoms with van der Waals surface area (Å²) in [5, 5.41) is 0. The predicted octanol–water partition coefficient (Wildman–Crippen LogP) is 12.2. The number of hydrogen-bond acceptors (Lipinski definition) is 4. The molecule has 0 saturated heterocycles. The lowest BCUT2D eigenvalue weighted by atomic mass is 10.1. The third-order valence-corrected chi connectivity index (χ3v) is 11.1. The molecule has 2 aromatic carbocycles. The van der Waals surface area contributed by atoms with Gasteiger partial charge < -0.3 is 14.3 Å². The summed E-state index contributed by atoms with van der Waals surface area (Å²) in [6, 6.07) is 24.0. The van der Waals surface area contributed by atoms with Crippen molar-refractivity contribution in [3.05, 3.63) is 71.8 Å². The Hall–Kier alpha value is -1.76. The van der Waals surface area contributed by atoms with E-state index < -0.39 is 0 Å². The first-order chi connectivity index (χ1) is 25.1. The van der Waals surface area contributed by atoms with Gasteiger partial charge in [-0.15, -0.1) is 0 Å². The van der Waals surface area contributed by atoms with Crippen LogP contribution in [0.5, 0.6) is 0 Å². The van der Waals surface area contributed by atoms with Gasteiger partial charge in [0.05, 0.1) is 20.1 Å². The average molecular weight is 755 g/mol. The Kier molecular flexibility index (Phi) is 29.7. The van der Waals surface area contributed by atoms with Gasteiger partial charge in [-0.25, -0.2) is 0 Å². The van der Waals surface area contributed by atoms with Crippen molar-refractivity contribution in [3.63, 3.8) is 0 Å². The van der Waals surface area contributed by atoms with Gasteiger partial charge in [0.25, 0.3) is 0 Å². The van der Waals surface area contributed by atoms with Gasteiger partial charge in [0.1, 0.15) is 5.66 Å². The summed E-state index contributed by atoms with van der Waals surface area (Å²) in [6.07, 6.45) is 2.55. The van der Waals surface area contributed by atoms with Gasteiger partial charge in [0.2, 0.25) is 0 Å². The molecule has 54 heavy (non-hydrogen) atoms. The fraction of sp³-hybridized carbons (Fsp3) is 0.755. The molecule has 316 valence electrons. The SMILES string of the molecule is CC(C)CN(CC(C)C)C(C)C.CC(C)N(Cc1ccccc1)Cc1ccccc1.CCCN(CCC)C(C)C.CCN(CC)C(C)(C)[N+](C)(C)C(C)C. The highest BCUT2D eigenvalue weighted by molar-refractivity contribution is 5.17. The molecule has 0 spiro atoms. The van der Waals surface area contributed by atoms with Crippen molar-refractivity contribution in [1.82, 2.24) is 19.6 Å². The van der Waals surface area contributed by atoms with E-state index in [0.29, 0.717) is 18.1 Å². The molecule has 0 aliphatic rings. The van der Waals surface area contributed by atoms with E-state index in [4.69, 9.17) is 0 Å². The van der Waals surface area contributed by atoms with Gasteiger partial charge >= 0.3 is 0 Å². The molecule has 0 amide bonds. The smallest absolute Gasteiger partial charge is 0.149 e. The van der Waals surface area contributed by atoms with Crippen LogP contribution in [0.1, 0.15) is 149 Å². The molecular formula is C49H96N5+. The Morgan fingerprint density at radius 1 is 0.500 bits per heavy atom.